The second kappa shape index (κ2) is 7.89. The zero-order valence-corrected chi connectivity index (χ0v) is 17.9. The molecule has 0 amide bonds. The smallest absolute Gasteiger partial charge is 0.416 e. The summed E-state index contributed by atoms with van der Waals surface area (Å²) < 4.78 is 48.2. The molecular weight excluding hydrogens is 389 g/mol. The van der Waals surface area contributed by atoms with Crippen molar-refractivity contribution in [2.45, 2.75) is 45.1 Å². The molecule has 0 radical (unpaired) electrons. The van der Waals surface area contributed by atoms with Gasteiger partial charge < -0.3 is 9.47 Å². The quantitative estimate of drug-likeness (QED) is 0.414. The standard InChI is InChI=1S/C20H27F3O4Si/c1-13-10-19(17(24)26-2,18(25)27-3)11-14(13)12-28(4,5)16-8-6-15(7-9-16)20(21,22)23/h6-9,13-14H,10-12H2,1-5H3/t13-,14+/m0/s1. The van der Waals surface area contributed by atoms with Gasteiger partial charge in [-0.2, -0.15) is 13.2 Å². The molecule has 2 rings (SSSR count). The van der Waals surface area contributed by atoms with Gasteiger partial charge in [0.15, 0.2) is 5.41 Å². The molecule has 0 bridgehead atoms. The van der Waals surface area contributed by atoms with Crippen molar-refractivity contribution >= 4 is 25.2 Å². The van der Waals surface area contributed by atoms with Gasteiger partial charge in [0.25, 0.3) is 0 Å². The van der Waals surface area contributed by atoms with E-state index in [0.29, 0.717) is 12.8 Å². The van der Waals surface area contributed by atoms with Crippen LogP contribution < -0.4 is 5.19 Å². The molecule has 1 aromatic carbocycles. The zero-order chi connectivity index (χ0) is 21.3. The van der Waals surface area contributed by atoms with E-state index in [1.807, 2.05) is 6.92 Å². The highest BCUT2D eigenvalue weighted by molar-refractivity contribution is 6.89. The number of hydrogen-bond acceptors (Lipinski definition) is 4. The summed E-state index contributed by atoms with van der Waals surface area (Å²) in [5, 5.41) is 0.918. The van der Waals surface area contributed by atoms with Crippen molar-refractivity contribution < 1.29 is 32.2 Å². The predicted molar refractivity (Wildman–Crippen MR) is 102 cm³/mol. The second-order valence-corrected chi connectivity index (χ2v) is 13.1. The highest BCUT2D eigenvalue weighted by Crippen LogP contribution is 2.50. The predicted octanol–water partition coefficient (Wildman–Crippen LogP) is 4.00. The fourth-order valence-electron chi connectivity index (χ4n) is 4.41. The molecular formula is C20H27F3O4Si. The minimum atomic E-state index is -4.36. The van der Waals surface area contributed by atoms with Crippen molar-refractivity contribution in [2.24, 2.45) is 17.3 Å². The van der Waals surface area contributed by atoms with Gasteiger partial charge in [-0.1, -0.05) is 55.5 Å². The Morgan fingerprint density at radius 1 is 1.07 bits per heavy atom. The van der Waals surface area contributed by atoms with Crippen molar-refractivity contribution in [2.75, 3.05) is 14.2 Å². The Kier molecular flexibility index (Phi) is 6.33. The number of ether oxygens (including phenoxy) is 2. The lowest BCUT2D eigenvalue weighted by atomic mass is 9.85. The Hall–Kier alpha value is -1.83. The monoisotopic (exact) mass is 416 g/mol. The maximum absolute atomic E-state index is 12.8. The number of carbonyl (C=O) groups is 2. The van der Waals surface area contributed by atoms with Crippen molar-refractivity contribution in [3.63, 3.8) is 0 Å². The minimum Gasteiger partial charge on any atom is -0.468 e. The topological polar surface area (TPSA) is 52.6 Å². The number of alkyl halides is 3. The molecule has 4 nitrogen and oxygen atoms in total. The normalized spacial score (nSPS) is 22.0. The van der Waals surface area contributed by atoms with Gasteiger partial charge in [0.05, 0.1) is 27.9 Å². The first kappa shape index (κ1) is 22.5. The van der Waals surface area contributed by atoms with Crippen molar-refractivity contribution in [1.82, 2.24) is 0 Å². The summed E-state index contributed by atoms with van der Waals surface area (Å²) in [6.07, 6.45) is -3.66. The number of hydrogen-bond donors (Lipinski definition) is 0. The molecule has 1 aliphatic rings. The number of halogens is 3. The van der Waals surface area contributed by atoms with Crippen LogP contribution in [0.5, 0.6) is 0 Å². The van der Waals surface area contributed by atoms with Gasteiger partial charge >= 0.3 is 18.1 Å². The lowest BCUT2D eigenvalue weighted by Crippen LogP contribution is -2.44. The average Bonchev–Trinajstić information content (AvgIpc) is 2.96. The number of benzene rings is 1. The van der Waals surface area contributed by atoms with E-state index in [0.717, 1.165) is 23.4 Å². The SMILES string of the molecule is COC(=O)C1(C(=O)OC)C[C@H](C[Si](C)(C)c2ccc(C(F)(F)F)cc2)[C@@H](C)C1. The van der Waals surface area contributed by atoms with Gasteiger partial charge in [-0.25, -0.2) is 0 Å². The third kappa shape index (κ3) is 4.26. The summed E-state index contributed by atoms with van der Waals surface area (Å²) >= 11 is 0. The first-order valence-electron chi connectivity index (χ1n) is 9.22. The molecule has 1 aromatic rings. The van der Waals surface area contributed by atoms with E-state index in [4.69, 9.17) is 9.47 Å². The van der Waals surface area contributed by atoms with Crippen LogP contribution in [0.15, 0.2) is 24.3 Å². The zero-order valence-electron chi connectivity index (χ0n) is 16.9. The van der Waals surface area contributed by atoms with Gasteiger partial charge in [0.1, 0.15) is 0 Å². The summed E-state index contributed by atoms with van der Waals surface area (Å²) in [5.74, 6) is -0.980. The second-order valence-electron chi connectivity index (χ2n) is 8.37. The van der Waals surface area contributed by atoms with E-state index in [-0.39, 0.29) is 11.8 Å². The maximum Gasteiger partial charge on any atom is 0.416 e. The van der Waals surface area contributed by atoms with E-state index >= 15 is 0 Å². The molecule has 1 saturated carbocycles. The molecule has 2 atom stereocenters. The molecule has 0 aromatic heterocycles. The molecule has 0 heterocycles. The Morgan fingerprint density at radius 2 is 1.57 bits per heavy atom. The van der Waals surface area contributed by atoms with E-state index < -0.39 is 37.2 Å². The molecule has 28 heavy (non-hydrogen) atoms. The lowest BCUT2D eigenvalue weighted by Gasteiger charge is -2.29. The van der Waals surface area contributed by atoms with Gasteiger partial charge in [-0.15, -0.1) is 0 Å². The van der Waals surface area contributed by atoms with E-state index in [9.17, 15) is 22.8 Å². The van der Waals surface area contributed by atoms with E-state index in [1.165, 1.54) is 14.2 Å². The number of esters is 2. The van der Waals surface area contributed by atoms with Crippen LogP contribution in [-0.2, 0) is 25.2 Å². The molecule has 8 heteroatoms. The highest BCUT2D eigenvalue weighted by Gasteiger charge is 2.56. The van der Waals surface area contributed by atoms with Gasteiger partial charge in [-0.05, 0) is 24.7 Å². The average molecular weight is 417 g/mol. The van der Waals surface area contributed by atoms with E-state index in [1.54, 1.807) is 12.1 Å². The molecule has 0 unspecified atom stereocenters. The summed E-state index contributed by atoms with van der Waals surface area (Å²) in [5.41, 5.74) is -1.95. The molecule has 0 N–H and O–H groups in total. The van der Waals surface area contributed by atoms with Crippen LogP contribution in [0, 0.1) is 17.3 Å². The molecule has 1 fully saturated rings. The first-order chi connectivity index (χ1) is 12.9. The molecule has 0 spiro atoms. The molecule has 0 aliphatic heterocycles. The van der Waals surface area contributed by atoms with Crippen LogP contribution in [0.1, 0.15) is 25.3 Å². The molecule has 0 saturated heterocycles. The Morgan fingerprint density at radius 3 is 2.00 bits per heavy atom. The molecule has 1 aliphatic carbocycles. The van der Waals surface area contributed by atoms with Crippen LogP contribution in [0.4, 0.5) is 13.2 Å². The van der Waals surface area contributed by atoms with Crippen molar-refractivity contribution in [1.29, 1.82) is 0 Å². The fourth-order valence-corrected chi connectivity index (χ4v) is 7.58. The number of methoxy groups -OCH3 is 2. The van der Waals surface area contributed by atoms with Gasteiger partial charge in [0.2, 0.25) is 0 Å². The minimum absolute atomic E-state index is 0.0853. The fraction of sp³-hybridized carbons (Fsp3) is 0.600. The highest BCUT2D eigenvalue weighted by atomic mass is 28.3. The number of rotatable bonds is 5. The van der Waals surface area contributed by atoms with Crippen molar-refractivity contribution in [3.05, 3.63) is 29.8 Å². The summed E-state index contributed by atoms with van der Waals surface area (Å²) in [6, 6.07) is 6.12. The maximum atomic E-state index is 12.8. The lowest BCUT2D eigenvalue weighted by molar-refractivity contribution is -0.169. The van der Waals surface area contributed by atoms with Crippen LogP contribution in [0.25, 0.3) is 0 Å². The summed E-state index contributed by atoms with van der Waals surface area (Å²) in [6.45, 7) is 6.19. The third-order valence-electron chi connectivity index (χ3n) is 6.00. The van der Waals surface area contributed by atoms with Crippen molar-refractivity contribution in [3.8, 4) is 0 Å². The summed E-state index contributed by atoms with van der Waals surface area (Å²) in [4.78, 5) is 24.8. The van der Waals surface area contributed by atoms with Crippen LogP contribution in [0.2, 0.25) is 19.1 Å². The summed E-state index contributed by atoms with van der Waals surface area (Å²) in [7, 11) is 0.419. The Labute approximate surface area is 164 Å². The van der Waals surface area contributed by atoms with Gasteiger partial charge in [-0.3, -0.25) is 9.59 Å². The Bertz CT molecular complexity index is 712. The molecule has 156 valence electrons. The van der Waals surface area contributed by atoms with Gasteiger partial charge in [0, 0.05) is 0 Å². The van der Waals surface area contributed by atoms with E-state index in [2.05, 4.69) is 13.1 Å². The van der Waals surface area contributed by atoms with Crippen LogP contribution in [-0.4, -0.2) is 34.2 Å². The van der Waals surface area contributed by atoms with Crippen LogP contribution in [0.3, 0.4) is 0 Å². The first-order valence-corrected chi connectivity index (χ1v) is 12.4. The third-order valence-corrected chi connectivity index (χ3v) is 9.45. The Balaban J connectivity index is 2.24. The number of carbonyl (C=O) groups excluding carboxylic acids is 2. The largest absolute Gasteiger partial charge is 0.468 e. The van der Waals surface area contributed by atoms with Crippen LogP contribution >= 0.6 is 0 Å².